The number of allylic oxidation sites excluding steroid dienone is 1. The molecule has 1 heterocycles. The highest BCUT2D eigenvalue weighted by Gasteiger charge is 2.24. The van der Waals surface area contributed by atoms with E-state index in [1.165, 1.54) is 0 Å². The Morgan fingerprint density at radius 2 is 2.25 bits per heavy atom. The summed E-state index contributed by atoms with van der Waals surface area (Å²) in [6.45, 7) is 1.22. The first-order chi connectivity index (χ1) is 9.69. The van der Waals surface area contributed by atoms with Gasteiger partial charge in [-0.2, -0.15) is 0 Å². The van der Waals surface area contributed by atoms with Crippen LogP contribution in [-0.2, 0) is 14.3 Å². The van der Waals surface area contributed by atoms with E-state index in [0.717, 1.165) is 12.8 Å². The summed E-state index contributed by atoms with van der Waals surface area (Å²) in [6.07, 6.45) is 8.18. The van der Waals surface area contributed by atoms with Crippen molar-refractivity contribution in [3.8, 4) is 0 Å². The van der Waals surface area contributed by atoms with Crippen molar-refractivity contribution in [1.29, 1.82) is 0 Å². The zero-order valence-electron chi connectivity index (χ0n) is 11.7. The van der Waals surface area contributed by atoms with E-state index in [0.29, 0.717) is 31.2 Å². The van der Waals surface area contributed by atoms with Crippen LogP contribution in [0.4, 0.5) is 0 Å². The van der Waals surface area contributed by atoms with Crippen molar-refractivity contribution in [1.82, 2.24) is 15.5 Å². The summed E-state index contributed by atoms with van der Waals surface area (Å²) in [7, 11) is 1.59. The van der Waals surface area contributed by atoms with Gasteiger partial charge in [-0.3, -0.25) is 9.59 Å². The summed E-state index contributed by atoms with van der Waals surface area (Å²) in [6, 6.07) is 0.358. The van der Waals surface area contributed by atoms with Crippen molar-refractivity contribution in [2.45, 2.75) is 25.3 Å². The number of hydrogen-bond acceptors (Lipinski definition) is 4. The normalized spacial score (nSPS) is 17.6. The molecule has 0 bridgehead atoms. The van der Waals surface area contributed by atoms with Gasteiger partial charge in [-0.1, -0.05) is 6.08 Å². The lowest BCUT2D eigenvalue weighted by Gasteiger charge is -2.20. The van der Waals surface area contributed by atoms with Gasteiger partial charge < -0.3 is 20.3 Å². The third kappa shape index (κ3) is 4.70. The number of nitrogens with zero attached hydrogens (tertiary/aromatic N) is 1. The summed E-state index contributed by atoms with van der Waals surface area (Å²) in [5, 5.41) is 5.70. The number of nitrogens with one attached hydrogen (secondary N) is 2. The van der Waals surface area contributed by atoms with Crippen molar-refractivity contribution >= 4 is 11.8 Å². The molecule has 0 radical (unpaired) electrons. The molecular weight excluding hydrogens is 258 g/mol. The molecule has 2 aliphatic rings. The summed E-state index contributed by atoms with van der Waals surface area (Å²) < 4.78 is 4.88. The first kappa shape index (κ1) is 14.6. The molecule has 0 aromatic carbocycles. The van der Waals surface area contributed by atoms with Crippen LogP contribution in [-0.4, -0.2) is 49.6 Å². The average molecular weight is 279 g/mol. The summed E-state index contributed by atoms with van der Waals surface area (Å²) in [5.41, 5.74) is 0.655. The number of methoxy groups -OCH3 is 1. The zero-order valence-corrected chi connectivity index (χ0v) is 11.7. The minimum atomic E-state index is -0.112. The largest absolute Gasteiger partial charge is 0.383 e. The van der Waals surface area contributed by atoms with E-state index in [4.69, 9.17) is 4.74 Å². The van der Waals surface area contributed by atoms with E-state index in [2.05, 4.69) is 10.6 Å². The van der Waals surface area contributed by atoms with Gasteiger partial charge in [0.25, 0.3) is 0 Å². The maximum Gasteiger partial charge on any atom is 0.249 e. The Balaban J connectivity index is 1.80. The lowest BCUT2D eigenvalue weighted by atomic mass is 10.1. The minimum Gasteiger partial charge on any atom is -0.383 e. The Bertz CT molecular complexity index is 427. The molecule has 6 heteroatoms. The van der Waals surface area contributed by atoms with Gasteiger partial charge in [0.15, 0.2) is 0 Å². The summed E-state index contributed by atoms with van der Waals surface area (Å²) >= 11 is 0. The van der Waals surface area contributed by atoms with Crippen LogP contribution in [0.1, 0.15) is 19.3 Å². The second-order valence-electron chi connectivity index (χ2n) is 5.01. The van der Waals surface area contributed by atoms with Crippen molar-refractivity contribution in [2.75, 3.05) is 26.8 Å². The van der Waals surface area contributed by atoms with Crippen LogP contribution >= 0.6 is 0 Å². The van der Waals surface area contributed by atoms with Crippen LogP contribution in [0.5, 0.6) is 0 Å². The molecule has 2 rings (SSSR count). The van der Waals surface area contributed by atoms with E-state index < -0.39 is 0 Å². The van der Waals surface area contributed by atoms with Gasteiger partial charge in [0.2, 0.25) is 11.8 Å². The van der Waals surface area contributed by atoms with Crippen molar-refractivity contribution in [3.05, 3.63) is 24.0 Å². The van der Waals surface area contributed by atoms with Crippen LogP contribution in [0.15, 0.2) is 24.0 Å². The molecule has 110 valence electrons. The highest BCUT2D eigenvalue weighted by atomic mass is 16.5. The smallest absolute Gasteiger partial charge is 0.249 e. The fourth-order valence-electron chi connectivity index (χ4n) is 1.91. The maximum absolute atomic E-state index is 11.9. The second kappa shape index (κ2) is 7.09. The van der Waals surface area contributed by atoms with Crippen molar-refractivity contribution in [2.24, 2.45) is 0 Å². The van der Waals surface area contributed by atoms with Crippen molar-refractivity contribution in [3.63, 3.8) is 0 Å². The van der Waals surface area contributed by atoms with E-state index in [1.807, 2.05) is 12.3 Å². The number of ether oxygens (including phenoxy) is 1. The highest BCUT2D eigenvalue weighted by molar-refractivity contribution is 5.93. The number of carbonyl (C=O) groups excluding carboxylic acids is 2. The highest BCUT2D eigenvalue weighted by Crippen LogP contribution is 2.18. The fraction of sp³-hybridized carbons (Fsp3) is 0.571. The van der Waals surface area contributed by atoms with Gasteiger partial charge in [0.05, 0.1) is 6.61 Å². The fourth-order valence-corrected chi connectivity index (χ4v) is 1.91. The Kier molecular flexibility index (Phi) is 5.17. The van der Waals surface area contributed by atoms with E-state index in [9.17, 15) is 9.59 Å². The Morgan fingerprint density at radius 1 is 1.45 bits per heavy atom. The van der Waals surface area contributed by atoms with Crippen LogP contribution in [0.3, 0.4) is 0 Å². The Morgan fingerprint density at radius 3 is 2.95 bits per heavy atom. The lowest BCUT2D eigenvalue weighted by Crippen LogP contribution is -2.35. The van der Waals surface area contributed by atoms with E-state index in [1.54, 1.807) is 18.2 Å². The maximum atomic E-state index is 11.9. The van der Waals surface area contributed by atoms with Crippen LogP contribution in [0.25, 0.3) is 0 Å². The quantitative estimate of drug-likeness (QED) is 0.650. The average Bonchev–Trinajstić information content (AvgIpc) is 3.23. The molecule has 0 aromatic rings. The van der Waals surface area contributed by atoms with Gasteiger partial charge >= 0.3 is 0 Å². The van der Waals surface area contributed by atoms with Gasteiger partial charge in [0, 0.05) is 37.7 Å². The molecule has 2 N–H and O–H groups in total. The molecule has 0 saturated heterocycles. The molecule has 1 aliphatic heterocycles. The van der Waals surface area contributed by atoms with Crippen LogP contribution in [0.2, 0.25) is 0 Å². The molecule has 0 aromatic heterocycles. The third-order valence-corrected chi connectivity index (χ3v) is 3.11. The molecule has 20 heavy (non-hydrogen) atoms. The van der Waals surface area contributed by atoms with E-state index in [-0.39, 0.29) is 18.4 Å². The standard InChI is InChI=1S/C14H21N3O3/c1-20-8-6-15-14(19)11-3-2-7-17(9-11)10-13(18)16-12-4-5-12/h2,7,9,12H,3-6,8,10H2,1H3,(H,15,19)(H,16,18). The molecule has 1 aliphatic carbocycles. The van der Waals surface area contributed by atoms with Crippen LogP contribution < -0.4 is 10.6 Å². The van der Waals surface area contributed by atoms with Gasteiger partial charge in [-0.25, -0.2) is 0 Å². The molecule has 0 spiro atoms. The molecular formula is C14H21N3O3. The molecule has 0 unspecified atom stereocenters. The number of hydrogen-bond donors (Lipinski definition) is 2. The first-order valence-electron chi connectivity index (χ1n) is 6.88. The van der Waals surface area contributed by atoms with Crippen LogP contribution in [0, 0.1) is 0 Å². The SMILES string of the molecule is COCCNC(=O)C1=CN(CC(=O)NC2CC2)C=CC1. The molecule has 0 atom stereocenters. The monoisotopic (exact) mass is 279 g/mol. The molecule has 1 saturated carbocycles. The summed E-state index contributed by atoms with van der Waals surface area (Å²) in [5.74, 6) is -0.117. The van der Waals surface area contributed by atoms with Gasteiger partial charge in [-0.15, -0.1) is 0 Å². The number of rotatable bonds is 7. The first-order valence-corrected chi connectivity index (χ1v) is 6.88. The Labute approximate surface area is 118 Å². The van der Waals surface area contributed by atoms with E-state index >= 15 is 0 Å². The predicted octanol–water partition coefficient (Wildman–Crippen LogP) is 0.131. The topological polar surface area (TPSA) is 70.7 Å². The minimum absolute atomic E-state index is 0.00515. The molecule has 1 fully saturated rings. The lowest BCUT2D eigenvalue weighted by molar-refractivity contribution is -0.121. The molecule has 6 nitrogen and oxygen atoms in total. The zero-order chi connectivity index (χ0) is 14.4. The molecule has 2 amide bonds. The van der Waals surface area contributed by atoms with Crippen molar-refractivity contribution < 1.29 is 14.3 Å². The number of carbonyl (C=O) groups is 2. The number of amides is 2. The summed E-state index contributed by atoms with van der Waals surface area (Å²) in [4.78, 5) is 25.4. The Hall–Kier alpha value is -1.82. The third-order valence-electron chi connectivity index (χ3n) is 3.11. The van der Waals surface area contributed by atoms with Gasteiger partial charge in [-0.05, 0) is 19.3 Å². The van der Waals surface area contributed by atoms with Gasteiger partial charge in [0.1, 0.15) is 6.54 Å². The second-order valence-corrected chi connectivity index (χ2v) is 5.01. The predicted molar refractivity (Wildman–Crippen MR) is 74.6 cm³/mol.